The van der Waals surface area contributed by atoms with E-state index in [4.69, 9.17) is 15.2 Å². The van der Waals surface area contributed by atoms with E-state index in [1.165, 1.54) is 24.0 Å². The van der Waals surface area contributed by atoms with Gasteiger partial charge in [-0.15, -0.1) is 0 Å². The molecule has 3 nitrogen and oxygen atoms in total. The Hall–Kier alpha value is -1.06. The maximum atomic E-state index is 5.91. The van der Waals surface area contributed by atoms with Crippen LogP contribution in [0.25, 0.3) is 0 Å². The summed E-state index contributed by atoms with van der Waals surface area (Å²) < 4.78 is 11.5. The van der Waals surface area contributed by atoms with E-state index in [0.717, 1.165) is 30.9 Å². The summed E-state index contributed by atoms with van der Waals surface area (Å²) in [5, 5.41) is 0. The van der Waals surface area contributed by atoms with Crippen LogP contribution in [0.3, 0.4) is 0 Å². The van der Waals surface area contributed by atoms with E-state index in [1.54, 1.807) is 0 Å². The molecule has 18 heavy (non-hydrogen) atoms. The number of aryl methyl sites for hydroxylation is 2. The Labute approximate surface area is 109 Å². The first-order valence-corrected chi connectivity index (χ1v) is 6.75. The van der Waals surface area contributed by atoms with E-state index in [2.05, 4.69) is 26.0 Å². The third kappa shape index (κ3) is 3.24. The third-order valence-corrected chi connectivity index (χ3v) is 3.47. The molecule has 0 aliphatic carbocycles. The van der Waals surface area contributed by atoms with E-state index < -0.39 is 0 Å². The lowest BCUT2D eigenvalue weighted by atomic mass is 10.1. The van der Waals surface area contributed by atoms with Crippen LogP contribution in [0, 0.1) is 13.8 Å². The molecule has 100 valence electrons. The molecule has 2 N–H and O–H groups in total. The van der Waals surface area contributed by atoms with E-state index >= 15 is 0 Å². The second-order valence-electron chi connectivity index (χ2n) is 5.04. The fourth-order valence-corrected chi connectivity index (χ4v) is 2.55. The SMILES string of the molecule is Cc1cc(CN)cc(C)c1OCCC1CCCO1. The van der Waals surface area contributed by atoms with Crippen molar-refractivity contribution in [3.05, 3.63) is 28.8 Å². The van der Waals surface area contributed by atoms with Gasteiger partial charge < -0.3 is 15.2 Å². The molecule has 1 aromatic rings. The molecule has 3 heteroatoms. The number of nitrogens with two attached hydrogens (primary N) is 1. The molecule has 0 bridgehead atoms. The van der Waals surface area contributed by atoms with Gasteiger partial charge in [-0.1, -0.05) is 12.1 Å². The maximum Gasteiger partial charge on any atom is 0.125 e. The highest BCUT2D eigenvalue weighted by atomic mass is 16.5. The normalized spacial score (nSPS) is 19.2. The van der Waals surface area contributed by atoms with Crippen molar-refractivity contribution in [2.45, 2.75) is 45.8 Å². The van der Waals surface area contributed by atoms with Gasteiger partial charge in [0.25, 0.3) is 0 Å². The Morgan fingerprint density at radius 1 is 1.33 bits per heavy atom. The smallest absolute Gasteiger partial charge is 0.125 e. The number of hydrogen-bond acceptors (Lipinski definition) is 3. The highest BCUT2D eigenvalue weighted by molar-refractivity contribution is 5.43. The number of rotatable bonds is 5. The minimum atomic E-state index is 0.397. The fraction of sp³-hybridized carbons (Fsp3) is 0.600. The first-order chi connectivity index (χ1) is 8.70. The Kier molecular flexibility index (Phi) is 4.61. The van der Waals surface area contributed by atoms with Crippen LogP contribution in [0.1, 0.15) is 36.0 Å². The van der Waals surface area contributed by atoms with Crippen molar-refractivity contribution in [3.63, 3.8) is 0 Å². The van der Waals surface area contributed by atoms with Gasteiger partial charge in [0.2, 0.25) is 0 Å². The average molecular weight is 249 g/mol. The van der Waals surface area contributed by atoms with Gasteiger partial charge in [0, 0.05) is 19.6 Å². The van der Waals surface area contributed by atoms with Crippen molar-refractivity contribution in [2.24, 2.45) is 5.73 Å². The summed E-state index contributed by atoms with van der Waals surface area (Å²) in [7, 11) is 0. The Bertz CT molecular complexity index is 374. The standard InChI is InChI=1S/C15H23NO2/c1-11-8-13(10-16)9-12(2)15(11)18-7-5-14-4-3-6-17-14/h8-9,14H,3-7,10,16H2,1-2H3. The summed E-state index contributed by atoms with van der Waals surface area (Å²) in [6.07, 6.45) is 3.74. The van der Waals surface area contributed by atoms with Crippen molar-refractivity contribution in [1.82, 2.24) is 0 Å². The summed E-state index contributed by atoms with van der Waals surface area (Å²) in [5.41, 5.74) is 9.17. The lowest BCUT2D eigenvalue weighted by Gasteiger charge is -2.15. The van der Waals surface area contributed by atoms with E-state index in [1.807, 2.05) is 0 Å². The van der Waals surface area contributed by atoms with Gasteiger partial charge in [0.1, 0.15) is 5.75 Å². The zero-order chi connectivity index (χ0) is 13.0. The van der Waals surface area contributed by atoms with Gasteiger partial charge in [-0.25, -0.2) is 0 Å². The monoisotopic (exact) mass is 249 g/mol. The van der Waals surface area contributed by atoms with Gasteiger partial charge >= 0.3 is 0 Å². The summed E-state index contributed by atoms with van der Waals surface area (Å²) >= 11 is 0. The second kappa shape index (κ2) is 6.21. The van der Waals surface area contributed by atoms with Crippen LogP contribution >= 0.6 is 0 Å². The lowest BCUT2D eigenvalue weighted by Crippen LogP contribution is -2.11. The predicted molar refractivity (Wildman–Crippen MR) is 72.9 cm³/mol. The molecule has 2 rings (SSSR count). The Morgan fingerprint density at radius 2 is 2.06 bits per heavy atom. The zero-order valence-corrected chi connectivity index (χ0v) is 11.4. The second-order valence-corrected chi connectivity index (χ2v) is 5.04. The highest BCUT2D eigenvalue weighted by Gasteiger charge is 2.15. The van der Waals surface area contributed by atoms with E-state index in [-0.39, 0.29) is 0 Å². The van der Waals surface area contributed by atoms with Crippen LogP contribution in [0.5, 0.6) is 5.75 Å². The van der Waals surface area contributed by atoms with Crippen molar-refractivity contribution < 1.29 is 9.47 Å². The summed E-state index contributed by atoms with van der Waals surface area (Å²) in [5.74, 6) is 1.00. The molecule has 0 radical (unpaired) electrons. The number of hydrogen-bond donors (Lipinski definition) is 1. The van der Waals surface area contributed by atoms with Gasteiger partial charge in [0.05, 0.1) is 12.7 Å². The van der Waals surface area contributed by atoms with Crippen LogP contribution in [0.4, 0.5) is 0 Å². The molecular weight excluding hydrogens is 226 g/mol. The molecule has 1 fully saturated rings. The molecule has 0 amide bonds. The fourth-order valence-electron chi connectivity index (χ4n) is 2.55. The molecule has 1 saturated heterocycles. The maximum absolute atomic E-state index is 5.91. The van der Waals surface area contributed by atoms with Crippen molar-refractivity contribution in [1.29, 1.82) is 0 Å². The predicted octanol–water partition coefficient (Wildman–Crippen LogP) is 2.71. The molecule has 1 aromatic carbocycles. The van der Waals surface area contributed by atoms with Gasteiger partial charge in [0.15, 0.2) is 0 Å². The van der Waals surface area contributed by atoms with Crippen LogP contribution in [-0.2, 0) is 11.3 Å². The molecule has 1 aliphatic heterocycles. The van der Waals surface area contributed by atoms with Crippen molar-refractivity contribution in [3.8, 4) is 5.75 Å². The largest absolute Gasteiger partial charge is 0.493 e. The van der Waals surface area contributed by atoms with Crippen molar-refractivity contribution >= 4 is 0 Å². The first-order valence-electron chi connectivity index (χ1n) is 6.75. The summed E-state index contributed by atoms with van der Waals surface area (Å²) in [4.78, 5) is 0. The highest BCUT2D eigenvalue weighted by Crippen LogP contribution is 2.25. The lowest BCUT2D eigenvalue weighted by molar-refractivity contribution is 0.0901. The quantitative estimate of drug-likeness (QED) is 0.872. The van der Waals surface area contributed by atoms with Crippen molar-refractivity contribution in [2.75, 3.05) is 13.2 Å². The molecule has 0 aromatic heterocycles. The van der Waals surface area contributed by atoms with Gasteiger partial charge in [-0.2, -0.15) is 0 Å². The Morgan fingerprint density at radius 3 is 2.61 bits per heavy atom. The number of benzene rings is 1. The number of ether oxygens (including phenoxy) is 2. The van der Waals surface area contributed by atoms with Crippen LogP contribution < -0.4 is 10.5 Å². The van der Waals surface area contributed by atoms with Crippen LogP contribution in [-0.4, -0.2) is 19.3 Å². The zero-order valence-electron chi connectivity index (χ0n) is 11.4. The van der Waals surface area contributed by atoms with Gasteiger partial charge in [-0.05, 0) is 43.4 Å². The van der Waals surface area contributed by atoms with E-state index in [9.17, 15) is 0 Å². The molecule has 1 unspecified atom stereocenters. The van der Waals surface area contributed by atoms with E-state index in [0.29, 0.717) is 12.6 Å². The Balaban J connectivity index is 1.92. The first kappa shape index (κ1) is 13.4. The summed E-state index contributed by atoms with van der Waals surface area (Å²) in [6, 6.07) is 4.21. The molecule has 1 atom stereocenters. The minimum Gasteiger partial charge on any atom is -0.493 e. The molecule has 0 saturated carbocycles. The van der Waals surface area contributed by atoms with Gasteiger partial charge in [-0.3, -0.25) is 0 Å². The molecular formula is C15H23NO2. The topological polar surface area (TPSA) is 44.5 Å². The van der Waals surface area contributed by atoms with Crippen LogP contribution in [0.15, 0.2) is 12.1 Å². The molecule has 1 heterocycles. The summed E-state index contributed by atoms with van der Waals surface area (Å²) in [6.45, 7) is 6.38. The van der Waals surface area contributed by atoms with Crippen LogP contribution in [0.2, 0.25) is 0 Å². The third-order valence-electron chi connectivity index (χ3n) is 3.47. The molecule has 1 aliphatic rings. The minimum absolute atomic E-state index is 0.397. The molecule has 0 spiro atoms. The average Bonchev–Trinajstić information content (AvgIpc) is 2.85.